The minimum absolute atomic E-state index is 0.0105. The number of hydrogen-bond donors (Lipinski definition) is 2. The predicted octanol–water partition coefficient (Wildman–Crippen LogP) is 7.19. The maximum atomic E-state index is 13.8. The van der Waals surface area contributed by atoms with Crippen molar-refractivity contribution < 1.29 is 14.4 Å². The van der Waals surface area contributed by atoms with E-state index in [4.69, 9.17) is 12.2 Å². The van der Waals surface area contributed by atoms with E-state index < -0.39 is 11.8 Å². The van der Waals surface area contributed by atoms with Gasteiger partial charge in [-0.1, -0.05) is 34.1 Å². The third-order valence-electron chi connectivity index (χ3n) is 7.89. The van der Waals surface area contributed by atoms with Crippen LogP contribution in [-0.2, 0) is 22.4 Å². The van der Waals surface area contributed by atoms with E-state index in [2.05, 4.69) is 31.1 Å². The molecule has 218 valence electrons. The van der Waals surface area contributed by atoms with E-state index in [9.17, 15) is 14.4 Å². The predicted molar refractivity (Wildman–Crippen MR) is 179 cm³/mol. The van der Waals surface area contributed by atoms with Crippen LogP contribution in [0.2, 0.25) is 0 Å². The SMILES string of the molecule is Cc1cc(Br)ccc1N1C(=O)C(=Cc2cc(C)n(-c3sc4c(c3C(=O)Nc3ccccc3)CCCC4)c2C)C(=O)NC1=S. The molecular weight excluding hydrogens is 644 g/mol. The number of halogens is 1. The third-order valence-corrected chi connectivity index (χ3v) is 9.94. The zero-order chi connectivity index (χ0) is 30.4. The van der Waals surface area contributed by atoms with Crippen molar-refractivity contribution in [1.82, 2.24) is 9.88 Å². The van der Waals surface area contributed by atoms with Gasteiger partial charge >= 0.3 is 0 Å². The van der Waals surface area contributed by atoms with Crippen molar-refractivity contribution in [1.29, 1.82) is 0 Å². The van der Waals surface area contributed by atoms with Gasteiger partial charge in [-0.15, -0.1) is 11.3 Å². The zero-order valence-electron chi connectivity index (χ0n) is 23.9. The highest BCUT2D eigenvalue weighted by atomic mass is 79.9. The summed E-state index contributed by atoms with van der Waals surface area (Å²) in [6, 6.07) is 16.9. The monoisotopic (exact) mass is 672 g/mol. The van der Waals surface area contributed by atoms with Gasteiger partial charge in [0.15, 0.2) is 5.11 Å². The molecule has 2 aliphatic rings. The molecule has 10 heteroatoms. The van der Waals surface area contributed by atoms with Crippen molar-refractivity contribution in [3.63, 3.8) is 0 Å². The van der Waals surface area contributed by atoms with Crippen LogP contribution < -0.4 is 15.5 Å². The Labute approximate surface area is 267 Å². The largest absolute Gasteiger partial charge is 0.322 e. The standard InChI is InChI=1S/C33H29BrN4O3S2/c1-18-15-22(34)13-14-26(18)38-31(41)25(29(39)36-33(38)42)17-21-16-19(2)37(20(21)3)32-28(24-11-7-8-12-27(24)43-32)30(40)35-23-9-5-4-6-10-23/h4-6,9-10,13-17H,7-8,11-12H2,1-3H3,(H,35,40)(H,36,39,42). The van der Waals surface area contributed by atoms with Gasteiger partial charge in [0, 0.05) is 26.4 Å². The molecule has 1 aliphatic heterocycles. The number of aromatic nitrogens is 1. The van der Waals surface area contributed by atoms with E-state index in [0.29, 0.717) is 11.3 Å². The summed E-state index contributed by atoms with van der Waals surface area (Å²) in [5.74, 6) is -1.16. The lowest BCUT2D eigenvalue weighted by Gasteiger charge is -2.30. The van der Waals surface area contributed by atoms with Crippen LogP contribution in [0.1, 0.15) is 56.2 Å². The summed E-state index contributed by atoms with van der Waals surface area (Å²) in [5, 5.41) is 6.66. The van der Waals surface area contributed by atoms with Gasteiger partial charge in [0.25, 0.3) is 17.7 Å². The first-order chi connectivity index (χ1) is 20.6. The number of benzene rings is 2. The van der Waals surface area contributed by atoms with Crippen molar-refractivity contribution in [2.75, 3.05) is 10.2 Å². The topological polar surface area (TPSA) is 83.4 Å². The first-order valence-electron chi connectivity index (χ1n) is 14.0. The van der Waals surface area contributed by atoms with Crippen LogP contribution in [0, 0.1) is 20.8 Å². The van der Waals surface area contributed by atoms with E-state index in [1.165, 1.54) is 9.78 Å². The van der Waals surface area contributed by atoms with Crippen molar-refractivity contribution in [3.05, 3.63) is 103 Å². The lowest BCUT2D eigenvalue weighted by Crippen LogP contribution is -2.54. The number of thiophene rings is 1. The second-order valence-corrected chi connectivity index (χ2v) is 13.1. The molecule has 2 aromatic carbocycles. The fourth-order valence-corrected chi connectivity index (χ4v) is 8.05. The van der Waals surface area contributed by atoms with Crippen LogP contribution in [0.5, 0.6) is 0 Å². The molecule has 0 spiro atoms. The first kappa shape index (κ1) is 29.2. The first-order valence-corrected chi connectivity index (χ1v) is 16.0. The Hall–Kier alpha value is -3.86. The highest BCUT2D eigenvalue weighted by molar-refractivity contribution is 9.10. The maximum Gasteiger partial charge on any atom is 0.270 e. The van der Waals surface area contributed by atoms with Crippen LogP contribution in [-0.4, -0.2) is 27.4 Å². The molecule has 6 rings (SSSR count). The lowest BCUT2D eigenvalue weighted by molar-refractivity contribution is -0.122. The number of anilines is 2. The van der Waals surface area contributed by atoms with Gasteiger partial charge in [-0.2, -0.15) is 0 Å². The molecule has 0 unspecified atom stereocenters. The number of nitrogens with one attached hydrogen (secondary N) is 2. The Bertz CT molecular complexity index is 1860. The molecule has 0 atom stereocenters. The molecule has 2 N–H and O–H groups in total. The van der Waals surface area contributed by atoms with Crippen molar-refractivity contribution in [2.24, 2.45) is 0 Å². The molecule has 0 bridgehead atoms. The Morgan fingerprint density at radius 2 is 1.79 bits per heavy atom. The fourth-order valence-electron chi connectivity index (χ4n) is 5.81. The molecule has 3 heterocycles. The Morgan fingerprint density at radius 3 is 2.53 bits per heavy atom. The van der Waals surface area contributed by atoms with Crippen LogP contribution in [0.3, 0.4) is 0 Å². The van der Waals surface area contributed by atoms with Crippen molar-refractivity contribution in [2.45, 2.75) is 46.5 Å². The Kier molecular flexibility index (Phi) is 7.93. The van der Waals surface area contributed by atoms with Crippen LogP contribution in [0.15, 0.2) is 64.6 Å². The number of thiocarbonyl (C=S) groups is 1. The molecule has 0 saturated carbocycles. The molecule has 1 aliphatic carbocycles. The lowest BCUT2D eigenvalue weighted by atomic mass is 9.95. The zero-order valence-corrected chi connectivity index (χ0v) is 27.1. The molecule has 4 aromatic rings. The number of amides is 3. The number of rotatable bonds is 5. The van der Waals surface area contributed by atoms with E-state index >= 15 is 0 Å². The van der Waals surface area contributed by atoms with Crippen LogP contribution >= 0.6 is 39.5 Å². The van der Waals surface area contributed by atoms with Crippen LogP contribution in [0.4, 0.5) is 11.4 Å². The average Bonchev–Trinajstić information content (AvgIpc) is 3.48. The summed E-state index contributed by atoms with van der Waals surface area (Å²) >= 11 is 10.5. The summed E-state index contributed by atoms with van der Waals surface area (Å²) in [6.45, 7) is 5.81. The summed E-state index contributed by atoms with van der Waals surface area (Å²) < 4.78 is 2.95. The highest BCUT2D eigenvalue weighted by Crippen LogP contribution is 2.39. The third kappa shape index (κ3) is 5.39. The van der Waals surface area contributed by atoms with E-state index in [-0.39, 0.29) is 16.6 Å². The number of nitrogens with zero attached hydrogens (tertiary/aromatic N) is 2. The number of carbonyl (C=O) groups is 3. The second-order valence-electron chi connectivity index (χ2n) is 10.8. The molecular formula is C33H29BrN4O3S2. The number of para-hydroxylation sites is 1. The van der Waals surface area contributed by atoms with Crippen LogP contribution in [0.25, 0.3) is 11.1 Å². The second kappa shape index (κ2) is 11.7. The van der Waals surface area contributed by atoms with E-state index in [1.54, 1.807) is 23.5 Å². The summed E-state index contributed by atoms with van der Waals surface area (Å²) in [5.41, 5.74) is 6.43. The number of aryl methyl sites for hydroxylation is 3. The quantitative estimate of drug-likeness (QED) is 0.134. The molecule has 7 nitrogen and oxygen atoms in total. The molecule has 1 fully saturated rings. The maximum absolute atomic E-state index is 13.8. The summed E-state index contributed by atoms with van der Waals surface area (Å²) in [4.78, 5) is 43.2. The summed E-state index contributed by atoms with van der Waals surface area (Å²) in [6.07, 6.45) is 5.57. The Balaban J connectivity index is 1.42. The fraction of sp³-hybridized carbons (Fsp3) is 0.212. The number of hydrogen-bond acceptors (Lipinski definition) is 5. The molecule has 3 amide bonds. The minimum Gasteiger partial charge on any atom is -0.322 e. The Morgan fingerprint density at radius 1 is 1.05 bits per heavy atom. The van der Waals surface area contributed by atoms with Crippen molar-refractivity contribution in [3.8, 4) is 5.00 Å². The van der Waals surface area contributed by atoms with Gasteiger partial charge in [-0.05, 0) is 118 Å². The number of fused-ring (bicyclic) bond motifs is 1. The van der Waals surface area contributed by atoms with Gasteiger partial charge in [0.1, 0.15) is 10.6 Å². The minimum atomic E-state index is -0.541. The normalized spacial score (nSPS) is 16.0. The van der Waals surface area contributed by atoms with Gasteiger partial charge in [-0.3, -0.25) is 24.6 Å². The molecule has 2 aromatic heterocycles. The molecule has 1 saturated heterocycles. The highest BCUT2D eigenvalue weighted by Gasteiger charge is 2.36. The van der Waals surface area contributed by atoms with Gasteiger partial charge in [-0.25, -0.2) is 0 Å². The average molecular weight is 674 g/mol. The summed E-state index contributed by atoms with van der Waals surface area (Å²) in [7, 11) is 0. The van der Waals surface area contributed by atoms with Gasteiger partial charge in [0.2, 0.25) is 0 Å². The smallest absolute Gasteiger partial charge is 0.270 e. The van der Waals surface area contributed by atoms with Gasteiger partial charge < -0.3 is 9.88 Å². The van der Waals surface area contributed by atoms with E-state index in [1.807, 2.05) is 69.3 Å². The van der Waals surface area contributed by atoms with Crippen molar-refractivity contribution >= 4 is 79.8 Å². The molecule has 43 heavy (non-hydrogen) atoms. The molecule has 0 radical (unpaired) electrons. The van der Waals surface area contributed by atoms with E-state index in [0.717, 1.165) is 68.9 Å². The number of carbonyl (C=O) groups excluding carboxylic acids is 3. The van der Waals surface area contributed by atoms with Gasteiger partial charge in [0.05, 0.1) is 11.3 Å².